The molecule has 0 amide bonds. The molecule has 1 unspecified atom stereocenters. The van der Waals surface area contributed by atoms with Gasteiger partial charge in [-0.15, -0.1) is 0 Å². The molecule has 0 saturated carbocycles. The molecule has 0 bridgehead atoms. The predicted octanol–water partition coefficient (Wildman–Crippen LogP) is 10.4. The van der Waals surface area contributed by atoms with Gasteiger partial charge in [-0.3, -0.25) is 0 Å². The maximum atomic E-state index is 6.36. The third-order valence-corrected chi connectivity index (χ3v) is 10.0. The molecule has 4 nitrogen and oxygen atoms in total. The SMILES string of the molecule is C1=CC2=[N+](c3ccc4c(c3)c3ccccc3n4-c3ccccc3)c3ccccc3N3c4ccc5oc6ccccc6c5c4C(=C1)C23. The summed E-state index contributed by atoms with van der Waals surface area (Å²) in [5.41, 5.74) is 14.0. The van der Waals surface area contributed by atoms with Crippen molar-refractivity contribution in [1.82, 2.24) is 9.14 Å². The van der Waals surface area contributed by atoms with Crippen LogP contribution < -0.4 is 9.48 Å². The Kier molecular flexibility index (Phi) is 4.60. The molecule has 46 heavy (non-hydrogen) atoms. The van der Waals surface area contributed by atoms with Gasteiger partial charge in [-0.2, -0.15) is 4.58 Å². The smallest absolute Gasteiger partial charge is 0.235 e. The number of furan rings is 1. The fraction of sp³-hybridized carbons (Fsp3) is 0.0238. The summed E-state index contributed by atoms with van der Waals surface area (Å²) in [6.45, 7) is 0. The van der Waals surface area contributed by atoms with E-state index in [2.05, 4.69) is 160 Å². The van der Waals surface area contributed by atoms with E-state index in [1.165, 1.54) is 66.8 Å². The van der Waals surface area contributed by atoms with E-state index in [1.54, 1.807) is 0 Å². The Balaban J connectivity index is 1.19. The van der Waals surface area contributed by atoms with Crippen LogP contribution in [0.5, 0.6) is 0 Å². The van der Waals surface area contributed by atoms with Gasteiger partial charge >= 0.3 is 0 Å². The van der Waals surface area contributed by atoms with Crippen molar-refractivity contribution in [3.63, 3.8) is 0 Å². The van der Waals surface area contributed by atoms with Crippen molar-refractivity contribution in [3.05, 3.63) is 157 Å². The van der Waals surface area contributed by atoms with Gasteiger partial charge in [0.15, 0.2) is 0 Å². The number of aromatic nitrogens is 1. The van der Waals surface area contributed by atoms with Gasteiger partial charge in [0.2, 0.25) is 17.1 Å². The van der Waals surface area contributed by atoms with Crippen molar-refractivity contribution in [1.29, 1.82) is 0 Å². The van der Waals surface area contributed by atoms with Gasteiger partial charge in [-0.05, 0) is 54.1 Å². The van der Waals surface area contributed by atoms with Crippen LogP contribution in [0.25, 0.3) is 55.0 Å². The number of hydrogen-bond donors (Lipinski definition) is 0. The molecule has 0 saturated heterocycles. The Morgan fingerprint density at radius 3 is 2.33 bits per heavy atom. The Bertz CT molecular complexity index is 2700. The normalized spacial score (nSPS) is 16.4. The highest BCUT2D eigenvalue weighted by Crippen LogP contribution is 2.55. The standard InChI is InChI=1S/C42H26N3O/c1-2-11-26(12-3-1)43-32-16-6-4-13-28(32)31-25-27(21-22-33(31)43)44-34-17-7-8-18-35(34)45-36-23-24-39-41(29-14-5-9-20-38(29)46-39)40(36)30-15-10-19-37(44)42(30)45/h1-25,42H/q+1. The van der Waals surface area contributed by atoms with Crippen molar-refractivity contribution in [2.75, 3.05) is 4.90 Å². The highest BCUT2D eigenvalue weighted by atomic mass is 16.3. The average Bonchev–Trinajstić information content (AvgIpc) is 3.77. The van der Waals surface area contributed by atoms with Gasteiger partial charge in [0, 0.05) is 57.1 Å². The molecule has 2 aliphatic heterocycles. The van der Waals surface area contributed by atoms with E-state index in [9.17, 15) is 0 Å². The molecule has 0 radical (unpaired) electrons. The minimum Gasteiger partial charge on any atom is -0.456 e. The first-order valence-corrected chi connectivity index (χ1v) is 15.8. The van der Waals surface area contributed by atoms with Crippen LogP contribution >= 0.6 is 0 Å². The van der Waals surface area contributed by atoms with E-state index in [1.807, 2.05) is 6.07 Å². The van der Waals surface area contributed by atoms with E-state index in [0.29, 0.717) is 0 Å². The minimum absolute atomic E-state index is 0.0514. The van der Waals surface area contributed by atoms with Gasteiger partial charge in [-0.25, -0.2) is 0 Å². The second-order valence-corrected chi connectivity index (χ2v) is 12.3. The van der Waals surface area contributed by atoms with E-state index < -0.39 is 0 Å². The van der Waals surface area contributed by atoms with Crippen molar-refractivity contribution in [3.8, 4) is 5.69 Å². The lowest BCUT2D eigenvalue weighted by Crippen LogP contribution is -2.43. The van der Waals surface area contributed by atoms with E-state index in [4.69, 9.17) is 4.42 Å². The van der Waals surface area contributed by atoms with Crippen molar-refractivity contribution in [2.24, 2.45) is 0 Å². The van der Waals surface area contributed by atoms with Crippen LogP contribution in [0, 0.1) is 0 Å². The molecule has 6 aromatic carbocycles. The second-order valence-electron chi connectivity index (χ2n) is 12.3. The Morgan fingerprint density at radius 2 is 1.39 bits per heavy atom. The molecular weight excluding hydrogens is 562 g/mol. The third-order valence-electron chi connectivity index (χ3n) is 10.0. The largest absolute Gasteiger partial charge is 0.456 e. The molecule has 2 aromatic heterocycles. The number of hydrogen-bond acceptors (Lipinski definition) is 2. The lowest BCUT2D eigenvalue weighted by molar-refractivity contribution is 0.669. The van der Waals surface area contributed by atoms with E-state index >= 15 is 0 Å². The van der Waals surface area contributed by atoms with Gasteiger partial charge in [-0.1, -0.05) is 78.9 Å². The summed E-state index contributed by atoms with van der Waals surface area (Å²) in [5, 5.41) is 4.86. The van der Waals surface area contributed by atoms with Gasteiger partial charge in [0.1, 0.15) is 22.9 Å². The summed E-state index contributed by atoms with van der Waals surface area (Å²) in [6, 6.07) is 48.0. The zero-order chi connectivity index (χ0) is 29.9. The summed E-state index contributed by atoms with van der Waals surface area (Å²) >= 11 is 0. The minimum atomic E-state index is 0.0514. The molecule has 8 aromatic rings. The zero-order valence-corrected chi connectivity index (χ0v) is 24.8. The first kappa shape index (κ1) is 24.2. The van der Waals surface area contributed by atoms with Gasteiger partial charge in [0.05, 0.1) is 16.7 Å². The number of para-hydroxylation sites is 5. The van der Waals surface area contributed by atoms with Crippen LogP contribution in [-0.2, 0) is 0 Å². The third kappa shape index (κ3) is 3.01. The quantitative estimate of drug-likeness (QED) is 0.188. The fourth-order valence-corrected chi connectivity index (χ4v) is 8.23. The molecule has 0 spiro atoms. The number of benzene rings is 6. The number of allylic oxidation sites excluding steroid dienone is 2. The van der Waals surface area contributed by atoms with Crippen molar-refractivity contribution in [2.45, 2.75) is 6.04 Å². The first-order chi connectivity index (χ1) is 22.8. The molecule has 0 N–H and O–H groups in total. The maximum Gasteiger partial charge on any atom is 0.235 e. The topological polar surface area (TPSA) is 24.3 Å². The molecule has 3 aliphatic rings. The highest BCUT2D eigenvalue weighted by molar-refractivity contribution is 6.26. The lowest BCUT2D eigenvalue weighted by atomic mass is 9.90. The van der Waals surface area contributed by atoms with E-state index in [-0.39, 0.29) is 6.04 Å². The van der Waals surface area contributed by atoms with Crippen LogP contribution in [0.2, 0.25) is 0 Å². The average molecular weight is 589 g/mol. The zero-order valence-electron chi connectivity index (χ0n) is 24.8. The predicted molar refractivity (Wildman–Crippen MR) is 190 cm³/mol. The van der Waals surface area contributed by atoms with Crippen molar-refractivity contribution < 1.29 is 4.42 Å². The Labute approximate surface area is 264 Å². The fourth-order valence-electron chi connectivity index (χ4n) is 8.23. The molecular formula is C42H26N3O+. The second kappa shape index (κ2) is 8.74. The van der Waals surface area contributed by atoms with Crippen LogP contribution in [-0.4, -0.2) is 16.3 Å². The summed E-state index contributed by atoms with van der Waals surface area (Å²) in [5.74, 6) is 0. The number of anilines is 2. The summed E-state index contributed by atoms with van der Waals surface area (Å²) in [7, 11) is 0. The summed E-state index contributed by atoms with van der Waals surface area (Å²) in [6.07, 6.45) is 6.82. The maximum absolute atomic E-state index is 6.36. The first-order valence-electron chi connectivity index (χ1n) is 15.8. The monoisotopic (exact) mass is 588 g/mol. The number of fused-ring (bicyclic) bond motifs is 12. The summed E-state index contributed by atoms with van der Waals surface area (Å²) < 4.78 is 11.2. The number of rotatable bonds is 2. The van der Waals surface area contributed by atoms with Crippen molar-refractivity contribution >= 4 is 77.8 Å². The van der Waals surface area contributed by atoms with Gasteiger partial charge < -0.3 is 13.9 Å². The summed E-state index contributed by atoms with van der Waals surface area (Å²) in [4.78, 5) is 2.53. The molecule has 0 fully saturated rings. The Morgan fingerprint density at radius 1 is 0.609 bits per heavy atom. The van der Waals surface area contributed by atoms with E-state index in [0.717, 1.165) is 22.2 Å². The molecule has 4 heterocycles. The highest BCUT2D eigenvalue weighted by Gasteiger charge is 2.49. The Hall–Kier alpha value is -6.13. The molecule has 1 atom stereocenters. The van der Waals surface area contributed by atoms with Crippen LogP contribution in [0.1, 0.15) is 5.56 Å². The van der Waals surface area contributed by atoms with Crippen LogP contribution in [0.15, 0.2) is 156 Å². The number of nitrogens with zero attached hydrogens (tertiary/aromatic N) is 3. The molecule has 11 rings (SSSR count). The molecule has 4 heteroatoms. The molecule has 214 valence electrons. The van der Waals surface area contributed by atoms with Gasteiger partial charge in [0.25, 0.3) is 0 Å². The van der Waals surface area contributed by atoms with Crippen LogP contribution in [0.4, 0.5) is 22.7 Å². The molecule has 1 aliphatic carbocycles. The van der Waals surface area contributed by atoms with Crippen LogP contribution in [0.3, 0.4) is 0 Å². The lowest BCUT2D eigenvalue weighted by Gasteiger charge is -2.32.